The summed E-state index contributed by atoms with van der Waals surface area (Å²) in [4.78, 5) is 0. The van der Waals surface area contributed by atoms with E-state index >= 15 is 0 Å². The Labute approximate surface area is 82.9 Å². The number of thiol groups is 1. The maximum atomic E-state index is 4.85. The predicted octanol–water partition coefficient (Wildman–Crippen LogP) is 1.25. The summed E-state index contributed by atoms with van der Waals surface area (Å²) in [6, 6.07) is 0. The maximum Gasteiger partial charge on any atom is 0.217 e. The summed E-state index contributed by atoms with van der Waals surface area (Å²) in [5.74, 6) is 0. The summed E-state index contributed by atoms with van der Waals surface area (Å²) in [5.41, 5.74) is 0. The van der Waals surface area contributed by atoms with E-state index in [0.717, 1.165) is 0 Å². The van der Waals surface area contributed by atoms with Gasteiger partial charge in [0, 0.05) is 29.6 Å². The molecule has 0 aliphatic rings. The summed E-state index contributed by atoms with van der Waals surface area (Å²) in [6.07, 6.45) is 0.157. The Hall–Kier alpha value is 1.24. The van der Waals surface area contributed by atoms with Crippen molar-refractivity contribution in [2.24, 2.45) is 0 Å². The van der Waals surface area contributed by atoms with Gasteiger partial charge in [0.2, 0.25) is 4.38 Å². The molecule has 0 rings (SSSR count). The zero-order chi connectivity index (χ0) is 5.86. The molecule has 0 saturated heterocycles. The molecule has 0 aromatic carbocycles. The van der Waals surface area contributed by atoms with Gasteiger partial charge in [0.1, 0.15) is 0 Å². The van der Waals surface area contributed by atoms with Crippen LogP contribution >= 0.6 is 24.8 Å². The first kappa shape index (κ1) is 12.0. The zero-order valence-corrected chi connectivity index (χ0v) is 9.05. The van der Waals surface area contributed by atoms with E-state index in [1.54, 1.807) is 0 Å². The largest absolute Gasteiger partial charge is 0.476 e. The SMILES string of the molecule is CC(C)OC(=S)S.[Na]. The summed E-state index contributed by atoms with van der Waals surface area (Å²) >= 11 is 8.26. The molecule has 1 radical (unpaired) electrons. The molecule has 0 amide bonds. The van der Waals surface area contributed by atoms with Gasteiger partial charge in [0.05, 0.1) is 6.10 Å². The van der Waals surface area contributed by atoms with Crippen molar-refractivity contribution in [1.82, 2.24) is 0 Å². The Bertz CT molecular complexity index is 74.4. The molecule has 0 fully saturated rings. The van der Waals surface area contributed by atoms with Crippen LogP contribution < -0.4 is 0 Å². The number of ether oxygens (including phenoxy) is 1. The minimum atomic E-state index is 0. The van der Waals surface area contributed by atoms with Gasteiger partial charge in [-0.05, 0) is 26.1 Å². The van der Waals surface area contributed by atoms with Crippen LogP contribution in [0.4, 0.5) is 0 Å². The first-order valence-corrected chi connectivity index (χ1v) is 2.88. The smallest absolute Gasteiger partial charge is 0.217 e. The van der Waals surface area contributed by atoms with E-state index in [1.165, 1.54) is 0 Å². The molecular formula is C4H8NaOS2. The number of thiocarbonyl (C=S) groups is 1. The molecule has 1 nitrogen and oxygen atoms in total. The third kappa shape index (κ3) is 10.3. The Morgan fingerprint density at radius 3 is 2.00 bits per heavy atom. The van der Waals surface area contributed by atoms with Crippen molar-refractivity contribution in [2.45, 2.75) is 20.0 Å². The second-order valence-corrected chi connectivity index (χ2v) is 2.51. The maximum absolute atomic E-state index is 4.85. The van der Waals surface area contributed by atoms with Crippen molar-refractivity contribution in [3.05, 3.63) is 0 Å². The topological polar surface area (TPSA) is 9.23 Å². The fourth-order valence-corrected chi connectivity index (χ4v) is 0.605. The molecule has 0 aliphatic carbocycles. The van der Waals surface area contributed by atoms with Crippen molar-refractivity contribution in [2.75, 3.05) is 0 Å². The van der Waals surface area contributed by atoms with Gasteiger partial charge in [-0.3, -0.25) is 0 Å². The third-order valence-electron chi connectivity index (χ3n) is 0.337. The minimum absolute atomic E-state index is 0. The Morgan fingerprint density at radius 2 is 2.00 bits per heavy atom. The van der Waals surface area contributed by atoms with Gasteiger partial charge < -0.3 is 4.74 Å². The standard InChI is InChI=1S/C4H8OS2.Na/c1-3(2)5-4(6)7;/h3H,1-2H3,(H,6,7);. The van der Waals surface area contributed by atoms with Crippen LogP contribution in [-0.2, 0) is 4.74 Å². The monoisotopic (exact) mass is 159 g/mol. The molecule has 0 heterocycles. The Balaban J connectivity index is 0. The third-order valence-corrected chi connectivity index (χ3v) is 0.538. The van der Waals surface area contributed by atoms with Crippen LogP contribution in [0.25, 0.3) is 0 Å². The van der Waals surface area contributed by atoms with E-state index in [2.05, 4.69) is 24.8 Å². The molecule has 0 atom stereocenters. The van der Waals surface area contributed by atoms with E-state index in [0.29, 0.717) is 4.38 Å². The molecular weight excluding hydrogens is 151 g/mol. The second kappa shape index (κ2) is 6.36. The van der Waals surface area contributed by atoms with Crippen molar-refractivity contribution in [3.63, 3.8) is 0 Å². The Morgan fingerprint density at radius 1 is 1.62 bits per heavy atom. The fourth-order valence-electron chi connectivity index (χ4n) is 0.202. The molecule has 0 saturated carbocycles. The summed E-state index contributed by atoms with van der Waals surface area (Å²) in [5, 5.41) is 0. The van der Waals surface area contributed by atoms with Crippen LogP contribution in [0.3, 0.4) is 0 Å². The molecule has 0 aromatic heterocycles. The van der Waals surface area contributed by atoms with Gasteiger partial charge in [-0.25, -0.2) is 0 Å². The summed E-state index contributed by atoms with van der Waals surface area (Å²) in [6.45, 7) is 3.81. The molecule has 0 aliphatic heterocycles. The molecule has 4 heteroatoms. The van der Waals surface area contributed by atoms with E-state index in [1.807, 2.05) is 13.8 Å². The average Bonchev–Trinajstić information content (AvgIpc) is 1.27. The molecule has 43 valence electrons. The van der Waals surface area contributed by atoms with Crippen molar-refractivity contribution < 1.29 is 4.74 Å². The average molecular weight is 159 g/mol. The number of hydrogen-bond donors (Lipinski definition) is 1. The number of rotatable bonds is 1. The van der Waals surface area contributed by atoms with Gasteiger partial charge in [-0.15, -0.1) is 0 Å². The number of hydrogen-bond acceptors (Lipinski definition) is 2. The van der Waals surface area contributed by atoms with Gasteiger partial charge in [0.25, 0.3) is 0 Å². The first-order valence-electron chi connectivity index (χ1n) is 2.02. The van der Waals surface area contributed by atoms with Crippen LogP contribution in [0.2, 0.25) is 0 Å². The molecule has 0 N–H and O–H groups in total. The first-order chi connectivity index (χ1) is 3.13. The van der Waals surface area contributed by atoms with Crippen LogP contribution in [-0.4, -0.2) is 40.0 Å². The zero-order valence-electron chi connectivity index (χ0n) is 5.34. The normalized spacial score (nSPS) is 8.00. The fraction of sp³-hybridized carbons (Fsp3) is 0.750. The van der Waals surface area contributed by atoms with Crippen molar-refractivity contribution in [1.29, 1.82) is 0 Å². The van der Waals surface area contributed by atoms with E-state index < -0.39 is 0 Å². The van der Waals surface area contributed by atoms with Gasteiger partial charge in [0.15, 0.2) is 0 Å². The van der Waals surface area contributed by atoms with E-state index in [4.69, 9.17) is 4.74 Å². The predicted molar refractivity (Wildman–Crippen MR) is 43.6 cm³/mol. The quantitative estimate of drug-likeness (QED) is 0.350. The molecule has 0 aromatic rings. The Kier molecular flexibility index (Phi) is 9.52. The minimum Gasteiger partial charge on any atom is -0.476 e. The summed E-state index contributed by atoms with van der Waals surface area (Å²) < 4.78 is 5.16. The van der Waals surface area contributed by atoms with Crippen LogP contribution in [0.15, 0.2) is 0 Å². The van der Waals surface area contributed by atoms with Gasteiger partial charge in [-0.1, -0.05) is 12.6 Å². The van der Waals surface area contributed by atoms with Gasteiger partial charge >= 0.3 is 0 Å². The van der Waals surface area contributed by atoms with E-state index in [-0.39, 0.29) is 35.7 Å². The molecule has 8 heavy (non-hydrogen) atoms. The van der Waals surface area contributed by atoms with E-state index in [9.17, 15) is 0 Å². The van der Waals surface area contributed by atoms with Crippen LogP contribution in [0.1, 0.15) is 13.8 Å². The van der Waals surface area contributed by atoms with Crippen molar-refractivity contribution >= 4 is 58.8 Å². The molecule has 0 spiro atoms. The summed E-state index contributed by atoms with van der Waals surface area (Å²) in [7, 11) is 0. The second-order valence-electron chi connectivity index (χ2n) is 1.43. The van der Waals surface area contributed by atoms with Crippen LogP contribution in [0, 0.1) is 0 Å². The molecule has 0 unspecified atom stereocenters. The van der Waals surface area contributed by atoms with Crippen LogP contribution in [0.5, 0.6) is 0 Å². The van der Waals surface area contributed by atoms with Gasteiger partial charge in [-0.2, -0.15) is 0 Å². The molecule has 0 bridgehead atoms. The van der Waals surface area contributed by atoms with Crippen molar-refractivity contribution in [3.8, 4) is 0 Å².